The smallest absolute Gasteiger partial charge is 0.236 e. The number of hydrogen-bond donors (Lipinski definition) is 0. The van der Waals surface area contributed by atoms with Crippen molar-refractivity contribution >= 4 is 17.7 Å². The molecule has 2 aromatic carbocycles. The topological polar surface area (TPSA) is 20.3 Å². The van der Waals surface area contributed by atoms with Crippen molar-refractivity contribution in [3.63, 3.8) is 0 Å². The highest BCUT2D eigenvalue weighted by Gasteiger charge is 2.33. The van der Waals surface area contributed by atoms with Crippen LogP contribution in [-0.4, -0.2) is 29.1 Å². The summed E-state index contributed by atoms with van der Waals surface area (Å²) in [5.41, 5.74) is 2.75. The van der Waals surface area contributed by atoms with Crippen LogP contribution in [0.4, 0.5) is 0 Å². The van der Waals surface area contributed by atoms with Gasteiger partial charge in [0.15, 0.2) is 0 Å². The van der Waals surface area contributed by atoms with Gasteiger partial charge in [-0.2, -0.15) is 0 Å². The second kappa shape index (κ2) is 7.02. The Kier molecular flexibility index (Phi) is 4.61. The fraction of sp³-hybridized carbons (Fsp3) is 0.381. The maximum Gasteiger partial charge on any atom is 0.236 e. The predicted molar refractivity (Wildman–Crippen MR) is 99.2 cm³/mol. The van der Waals surface area contributed by atoms with Crippen molar-refractivity contribution in [3.8, 4) is 0 Å². The van der Waals surface area contributed by atoms with E-state index in [0.29, 0.717) is 11.8 Å². The first kappa shape index (κ1) is 15.8. The van der Waals surface area contributed by atoms with Crippen molar-refractivity contribution in [2.24, 2.45) is 5.92 Å². The molecular weight excluding hydrogens is 314 g/mol. The zero-order chi connectivity index (χ0) is 16.4. The molecule has 24 heavy (non-hydrogen) atoms. The van der Waals surface area contributed by atoms with Crippen molar-refractivity contribution in [3.05, 3.63) is 65.7 Å². The number of piperidine rings is 1. The second-order valence-electron chi connectivity index (χ2n) is 6.88. The average molecular weight is 337 g/mol. The van der Waals surface area contributed by atoms with E-state index in [1.807, 2.05) is 0 Å². The van der Waals surface area contributed by atoms with Crippen LogP contribution in [0.25, 0.3) is 0 Å². The Morgan fingerprint density at radius 2 is 1.71 bits per heavy atom. The van der Waals surface area contributed by atoms with Crippen LogP contribution in [-0.2, 0) is 17.6 Å². The number of likely N-dealkylation sites (tertiary alicyclic amines) is 1. The molecule has 2 aliphatic rings. The minimum absolute atomic E-state index is 0.0908. The molecule has 1 saturated heterocycles. The Hall–Kier alpha value is -1.74. The third-order valence-electron chi connectivity index (χ3n) is 5.22. The van der Waals surface area contributed by atoms with Gasteiger partial charge in [0.05, 0.1) is 5.25 Å². The zero-order valence-corrected chi connectivity index (χ0v) is 14.7. The third kappa shape index (κ3) is 3.36. The maximum atomic E-state index is 12.8. The average Bonchev–Trinajstić information content (AvgIpc) is 3.07. The van der Waals surface area contributed by atoms with E-state index in [0.717, 1.165) is 38.8 Å². The lowest BCUT2D eigenvalue weighted by Gasteiger charge is -2.33. The van der Waals surface area contributed by atoms with Gasteiger partial charge in [0, 0.05) is 18.0 Å². The molecule has 2 heterocycles. The van der Waals surface area contributed by atoms with E-state index in [2.05, 4.69) is 59.5 Å². The van der Waals surface area contributed by atoms with Gasteiger partial charge < -0.3 is 4.90 Å². The van der Waals surface area contributed by atoms with E-state index >= 15 is 0 Å². The standard InChI is InChI=1S/C21H23NOS/c23-21(20-15-18-8-4-5-9-19(18)24-20)22-12-10-17(11-13-22)14-16-6-2-1-3-7-16/h1-9,17,20H,10-15H2/t20-/m1/s1. The Labute approximate surface area is 148 Å². The lowest BCUT2D eigenvalue weighted by Crippen LogP contribution is -2.43. The SMILES string of the molecule is O=C([C@H]1Cc2ccccc2S1)N1CCC(Cc2ccccc2)CC1. The number of fused-ring (bicyclic) bond motifs is 1. The van der Waals surface area contributed by atoms with E-state index in [4.69, 9.17) is 0 Å². The largest absolute Gasteiger partial charge is 0.342 e. The molecule has 0 spiro atoms. The number of hydrogen-bond acceptors (Lipinski definition) is 2. The van der Waals surface area contributed by atoms with Gasteiger partial charge in [0.25, 0.3) is 0 Å². The first-order valence-electron chi connectivity index (χ1n) is 8.87. The summed E-state index contributed by atoms with van der Waals surface area (Å²) >= 11 is 1.75. The van der Waals surface area contributed by atoms with Gasteiger partial charge in [-0.15, -0.1) is 11.8 Å². The van der Waals surface area contributed by atoms with Gasteiger partial charge >= 0.3 is 0 Å². The quantitative estimate of drug-likeness (QED) is 0.837. The summed E-state index contributed by atoms with van der Waals surface area (Å²) in [6.45, 7) is 1.84. The first-order chi connectivity index (χ1) is 11.8. The molecule has 0 saturated carbocycles. The van der Waals surface area contributed by atoms with E-state index in [1.165, 1.54) is 16.0 Å². The van der Waals surface area contributed by atoms with Gasteiger partial charge in [0.1, 0.15) is 0 Å². The van der Waals surface area contributed by atoms with E-state index in [9.17, 15) is 4.79 Å². The fourth-order valence-corrected chi connectivity index (χ4v) is 5.11. The summed E-state index contributed by atoms with van der Waals surface area (Å²) < 4.78 is 0. The molecule has 1 amide bonds. The molecule has 2 aliphatic heterocycles. The fourth-order valence-electron chi connectivity index (χ4n) is 3.83. The minimum Gasteiger partial charge on any atom is -0.342 e. The summed E-state index contributed by atoms with van der Waals surface area (Å²) in [7, 11) is 0. The van der Waals surface area contributed by atoms with Crippen molar-refractivity contribution in [1.82, 2.24) is 4.90 Å². The summed E-state index contributed by atoms with van der Waals surface area (Å²) in [5.74, 6) is 1.05. The molecule has 124 valence electrons. The van der Waals surface area contributed by atoms with Gasteiger partial charge in [-0.3, -0.25) is 4.79 Å². The van der Waals surface area contributed by atoms with Crippen LogP contribution in [0.5, 0.6) is 0 Å². The van der Waals surface area contributed by atoms with Crippen molar-refractivity contribution in [2.75, 3.05) is 13.1 Å². The zero-order valence-electron chi connectivity index (χ0n) is 13.9. The Balaban J connectivity index is 1.31. The summed E-state index contributed by atoms with van der Waals surface area (Å²) in [6, 6.07) is 19.2. The third-order valence-corrected chi connectivity index (χ3v) is 6.52. The van der Waals surface area contributed by atoms with Gasteiger partial charge in [-0.1, -0.05) is 48.5 Å². The van der Waals surface area contributed by atoms with Crippen LogP contribution in [0.15, 0.2) is 59.5 Å². The molecule has 0 aliphatic carbocycles. The highest BCUT2D eigenvalue weighted by Crippen LogP contribution is 2.38. The van der Waals surface area contributed by atoms with Crippen LogP contribution >= 0.6 is 11.8 Å². The molecule has 2 nitrogen and oxygen atoms in total. The number of benzene rings is 2. The molecule has 3 heteroatoms. The molecule has 0 aromatic heterocycles. The monoisotopic (exact) mass is 337 g/mol. The number of carbonyl (C=O) groups excluding carboxylic acids is 1. The Morgan fingerprint density at radius 1 is 1.00 bits per heavy atom. The molecule has 0 radical (unpaired) electrons. The first-order valence-corrected chi connectivity index (χ1v) is 9.75. The number of thioether (sulfide) groups is 1. The molecule has 1 atom stereocenters. The Morgan fingerprint density at radius 3 is 2.46 bits per heavy atom. The highest BCUT2D eigenvalue weighted by molar-refractivity contribution is 8.01. The van der Waals surface area contributed by atoms with Crippen molar-refractivity contribution < 1.29 is 4.79 Å². The number of nitrogens with zero attached hydrogens (tertiary/aromatic N) is 1. The van der Waals surface area contributed by atoms with Crippen LogP contribution in [0, 0.1) is 5.92 Å². The van der Waals surface area contributed by atoms with Crippen LogP contribution in [0.2, 0.25) is 0 Å². The van der Waals surface area contributed by atoms with Gasteiger partial charge in [-0.25, -0.2) is 0 Å². The normalized spacial score (nSPS) is 20.8. The number of rotatable bonds is 3. The predicted octanol–water partition coefficient (Wildman–Crippen LogP) is 4.18. The molecule has 2 aromatic rings. The van der Waals surface area contributed by atoms with Crippen molar-refractivity contribution in [1.29, 1.82) is 0 Å². The maximum absolute atomic E-state index is 12.8. The highest BCUT2D eigenvalue weighted by atomic mass is 32.2. The van der Waals surface area contributed by atoms with Crippen molar-refractivity contribution in [2.45, 2.75) is 35.8 Å². The van der Waals surface area contributed by atoms with Crippen LogP contribution < -0.4 is 0 Å². The minimum atomic E-state index is 0.0908. The summed E-state index contributed by atoms with van der Waals surface area (Å²) in [4.78, 5) is 16.2. The van der Waals surface area contributed by atoms with E-state index < -0.39 is 0 Å². The van der Waals surface area contributed by atoms with Gasteiger partial charge in [0.2, 0.25) is 5.91 Å². The van der Waals surface area contributed by atoms with Gasteiger partial charge in [-0.05, 0) is 48.8 Å². The summed E-state index contributed by atoms with van der Waals surface area (Å²) in [6.07, 6.45) is 4.30. The molecule has 0 bridgehead atoms. The number of amides is 1. The van der Waals surface area contributed by atoms with Crippen LogP contribution in [0.3, 0.4) is 0 Å². The molecular formula is C21H23NOS. The summed E-state index contributed by atoms with van der Waals surface area (Å²) in [5, 5.41) is 0.0908. The molecule has 0 unspecified atom stereocenters. The lowest BCUT2D eigenvalue weighted by molar-refractivity contribution is -0.131. The van der Waals surface area contributed by atoms with E-state index in [-0.39, 0.29) is 5.25 Å². The number of carbonyl (C=O) groups is 1. The molecule has 0 N–H and O–H groups in total. The second-order valence-corrected chi connectivity index (χ2v) is 8.12. The Bertz CT molecular complexity index is 682. The molecule has 4 rings (SSSR count). The lowest BCUT2D eigenvalue weighted by atomic mass is 9.90. The van der Waals surface area contributed by atoms with E-state index in [1.54, 1.807) is 11.8 Å². The van der Waals surface area contributed by atoms with Crippen LogP contribution in [0.1, 0.15) is 24.0 Å². The molecule has 1 fully saturated rings.